The van der Waals surface area contributed by atoms with Crippen LogP contribution >= 0.6 is 0 Å². The van der Waals surface area contributed by atoms with E-state index in [1.165, 1.54) is 0 Å². The lowest BCUT2D eigenvalue weighted by Gasteiger charge is -2.48. The molecule has 1 aliphatic rings. The van der Waals surface area contributed by atoms with Crippen molar-refractivity contribution in [2.75, 3.05) is 20.2 Å². The molecule has 1 aromatic rings. The van der Waals surface area contributed by atoms with Gasteiger partial charge >= 0.3 is 0 Å². The molecule has 1 saturated heterocycles. The smallest absolute Gasteiger partial charge is 0.242 e. The van der Waals surface area contributed by atoms with Crippen molar-refractivity contribution in [3.05, 3.63) is 35.9 Å². The third-order valence-corrected chi connectivity index (χ3v) is 3.96. The fourth-order valence-corrected chi connectivity index (χ4v) is 2.57. The molecule has 0 bridgehead atoms. The molecule has 0 radical (unpaired) electrons. The van der Waals surface area contributed by atoms with Crippen molar-refractivity contribution >= 4 is 5.91 Å². The monoisotopic (exact) mass is 262 g/mol. The predicted octanol–water partition coefficient (Wildman–Crippen LogP) is 1.10. The molecular weight excluding hydrogens is 240 g/mol. The van der Waals surface area contributed by atoms with Crippen molar-refractivity contribution in [3.8, 4) is 0 Å². The van der Waals surface area contributed by atoms with Gasteiger partial charge in [0.25, 0.3) is 0 Å². The molecule has 2 rings (SSSR count). The zero-order valence-electron chi connectivity index (χ0n) is 11.8. The van der Waals surface area contributed by atoms with Crippen LogP contribution in [0.2, 0.25) is 0 Å². The van der Waals surface area contributed by atoms with E-state index in [-0.39, 0.29) is 18.1 Å². The summed E-state index contributed by atoms with van der Waals surface area (Å²) in [7, 11) is 1.81. The second-order valence-corrected chi connectivity index (χ2v) is 5.80. The summed E-state index contributed by atoms with van der Waals surface area (Å²) in [5, 5.41) is 9.51. The third-order valence-electron chi connectivity index (χ3n) is 3.96. The number of piperazine rings is 1. The number of benzene rings is 1. The highest BCUT2D eigenvalue weighted by Crippen LogP contribution is 2.25. The molecule has 1 aromatic carbocycles. The molecule has 1 aliphatic heterocycles. The molecule has 104 valence electrons. The molecule has 4 nitrogen and oxygen atoms in total. The Morgan fingerprint density at radius 2 is 1.95 bits per heavy atom. The highest BCUT2D eigenvalue weighted by atomic mass is 16.3. The number of nitrogens with zero attached hydrogens (tertiary/aromatic N) is 2. The van der Waals surface area contributed by atoms with Gasteiger partial charge in [-0.15, -0.1) is 0 Å². The summed E-state index contributed by atoms with van der Waals surface area (Å²) in [5.74, 6) is -0.00492. The lowest BCUT2D eigenvalue weighted by atomic mass is 9.95. The lowest BCUT2D eigenvalue weighted by molar-refractivity contribution is -0.151. The fourth-order valence-electron chi connectivity index (χ4n) is 2.57. The van der Waals surface area contributed by atoms with Crippen LogP contribution in [-0.4, -0.2) is 52.6 Å². The maximum atomic E-state index is 12.3. The summed E-state index contributed by atoms with van der Waals surface area (Å²) in [4.78, 5) is 16.1. The molecule has 1 fully saturated rings. The lowest BCUT2D eigenvalue weighted by Crippen LogP contribution is -2.65. The highest BCUT2D eigenvalue weighted by Gasteiger charge is 2.42. The zero-order valence-corrected chi connectivity index (χ0v) is 11.8. The molecule has 19 heavy (non-hydrogen) atoms. The SMILES string of the molecule is CN1C(=O)C(CO)N(Cc2ccccc2)CC1(C)C. The molecule has 1 amide bonds. The Morgan fingerprint density at radius 3 is 2.53 bits per heavy atom. The minimum absolute atomic E-state index is 0.00492. The van der Waals surface area contributed by atoms with E-state index in [1.54, 1.807) is 4.90 Å². The molecule has 0 saturated carbocycles. The predicted molar refractivity (Wildman–Crippen MR) is 74.6 cm³/mol. The van der Waals surface area contributed by atoms with Crippen molar-refractivity contribution < 1.29 is 9.90 Å². The third kappa shape index (κ3) is 2.80. The van der Waals surface area contributed by atoms with E-state index in [1.807, 2.05) is 37.4 Å². The maximum Gasteiger partial charge on any atom is 0.242 e. The second-order valence-electron chi connectivity index (χ2n) is 5.80. The Labute approximate surface area is 114 Å². The van der Waals surface area contributed by atoms with E-state index in [4.69, 9.17) is 0 Å². The van der Waals surface area contributed by atoms with Crippen LogP contribution in [0.25, 0.3) is 0 Å². The number of likely N-dealkylation sites (N-methyl/N-ethyl adjacent to an activating group) is 1. The summed E-state index contributed by atoms with van der Waals surface area (Å²) in [6.07, 6.45) is 0. The van der Waals surface area contributed by atoms with Crippen molar-refractivity contribution in [2.24, 2.45) is 0 Å². The van der Waals surface area contributed by atoms with Gasteiger partial charge in [0, 0.05) is 25.7 Å². The Bertz CT molecular complexity index is 445. The molecule has 0 spiro atoms. The Morgan fingerprint density at radius 1 is 1.32 bits per heavy atom. The van der Waals surface area contributed by atoms with Gasteiger partial charge in [0.2, 0.25) is 5.91 Å². The largest absolute Gasteiger partial charge is 0.394 e. The molecular formula is C15H22N2O2. The van der Waals surface area contributed by atoms with Crippen molar-refractivity contribution in [2.45, 2.75) is 32.0 Å². The summed E-state index contributed by atoms with van der Waals surface area (Å²) in [5.41, 5.74) is 0.950. The summed E-state index contributed by atoms with van der Waals surface area (Å²) in [6.45, 7) is 5.42. The molecule has 1 N–H and O–H groups in total. The highest BCUT2D eigenvalue weighted by molar-refractivity contribution is 5.83. The van der Waals surface area contributed by atoms with Gasteiger partial charge in [-0.2, -0.15) is 0 Å². The Balaban J connectivity index is 2.20. The number of aliphatic hydroxyl groups excluding tert-OH is 1. The van der Waals surface area contributed by atoms with Gasteiger partial charge in [0.1, 0.15) is 6.04 Å². The van der Waals surface area contributed by atoms with Crippen LogP contribution in [0.5, 0.6) is 0 Å². The zero-order chi connectivity index (χ0) is 14.0. The maximum absolute atomic E-state index is 12.3. The first-order chi connectivity index (χ1) is 8.95. The van der Waals surface area contributed by atoms with Crippen LogP contribution in [-0.2, 0) is 11.3 Å². The van der Waals surface area contributed by atoms with Crippen LogP contribution in [0.4, 0.5) is 0 Å². The Kier molecular flexibility index (Phi) is 3.92. The average molecular weight is 262 g/mol. The number of hydrogen-bond acceptors (Lipinski definition) is 3. The van der Waals surface area contributed by atoms with E-state index >= 15 is 0 Å². The van der Waals surface area contributed by atoms with Gasteiger partial charge in [-0.1, -0.05) is 30.3 Å². The molecule has 0 aliphatic carbocycles. The van der Waals surface area contributed by atoms with Gasteiger partial charge in [-0.25, -0.2) is 0 Å². The average Bonchev–Trinajstić information content (AvgIpc) is 2.37. The molecule has 1 atom stereocenters. The van der Waals surface area contributed by atoms with E-state index in [9.17, 15) is 9.90 Å². The van der Waals surface area contributed by atoms with Crippen LogP contribution in [0.1, 0.15) is 19.4 Å². The van der Waals surface area contributed by atoms with E-state index in [2.05, 4.69) is 18.7 Å². The summed E-state index contributed by atoms with van der Waals surface area (Å²) in [6, 6.07) is 9.62. The number of carbonyl (C=O) groups excluding carboxylic acids is 1. The number of amides is 1. The minimum atomic E-state index is -0.432. The van der Waals surface area contributed by atoms with Crippen LogP contribution in [0.3, 0.4) is 0 Å². The van der Waals surface area contributed by atoms with E-state index < -0.39 is 6.04 Å². The number of aliphatic hydroxyl groups is 1. The van der Waals surface area contributed by atoms with Crippen molar-refractivity contribution in [1.82, 2.24) is 9.80 Å². The number of carbonyl (C=O) groups is 1. The van der Waals surface area contributed by atoms with Crippen LogP contribution < -0.4 is 0 Å². The first kappa shape index (κ1) is 14.0. The second kappa shape index (κ2) is 5.31. The molecule has 0 aromatic heterocycles. The molecule has 1 heterocycles. The van der Waals surface area contributed by atoms with Crippen molar-refractivity contribution in [3.63, 3.8) is 0 Å². The van der Waals surface area contributed by atoms with Crippen molar-refractivity contribution in [1.29, 1.82) is 0 Å². The van der Waals surface area contributed by atoms with E-state index in [0.717, 1.165) is 12.1 Å². The Hall–Kier alpha value is -1.39. The molecule has 4 heteroatoms. The topological polar surface area (TPSA) is 43.8 Å². The van der Waals surface area contributed by atoms with E-state index in [0.29, 0.717) is 6.54 Å². The normalized spacial score (nSPS) is 23.7. The van der Waals surface area contributed by atoms with Crippen LogP contribution in [0.15, 0.2) is 30.3 Å². The minimum Gasteiger partial charge on any atom is -0.394 e. The van der Waals surface area contributed by atoms with Gasteiger partial charge in [-0.3, -0.25) is 9.69 Å². The fraction of sp³-hybridized carbons (Fsp3) is 0.533. The quantitative estimate of drug-likeness (QED) is 0.887. The summed E-state index contributed by atoms with van der Waals surface area (Å²) >= 11 is 0. The molecule has 1 unspecified atom stereocenters. The van der Waals surface area contributed by atoms with Gasteiger partial charge in [0.15, 0.2) is 0 Å². The van der Waals surface area contributed by atoms with Crippen LogP contribution in [0, 0.1) is 0 Å². The standard InChI is InChI=1S/C15H22N2O2/c1-15(2)11-17(9-12-7-5-4-6-8-12)13(10-18)14(19)16(15)3/h4-8,13,18H,9-11H2,1-3H3. The van der Waals surface area contributed by atoms with Gasteiger partial charge in [-0.05, 0) is 19.4 Å². The number of rotatable bonds is 3. The van der Waals surface area contributed by atoms with Gasteiger partial charge in [0.05, 0.1) is 6.61 Å². The number of hydrogen-bond donors (Lipinski definition) is 1. The first-order valence-corrected chi connectivity index (χ1v) is 6.62. The summed E-state index contributed by atoms with van der Waals surface area (Å²) < 4.78 is 0. The first-order valence-electron chi connectivity index (χ1n) is 6.62. The van der Waals surface area contributed by atoms with Gasteiger partial charge < -0.3 is 10.0 Å².